The van der Waals surface area contributed by atoms with Crippen molar-refractivity contribution in [2.75, 3.05) is 0 Å². The summed E-state index contributed by atoms with van der Waals surface area (Å²) in [6.45, 7) is 12.2. The summed E-state index contributed by atoms with van der Waals surface area (Å²) in [6.07, 6.45) is -0.164. The normalized spacial score (nSPS) is 11.8. The summed E-state index contributed by atoms with van der Waals surface area (Å²) >= 11 is 0. The van der Waals surface area contributed by atoms with Crippen LogP contribution in [0.25, 0.3) is 10.8 Å². The monoisotopic (exact) mass is 375 g/mol. The fourth-order valence-corrected chi connectivity index (χ4v) is 2.21. The highest BCUT2D eigenvalue weighted by atomic mass is 16.8. The fraction of sp³-hybridized carbons (Fsp3) is 0.450. The quantitative estimate of drug-likeness (QED) is 0.529. The lowest BCUT2D eigenvalue weighted by molar-refractivity contribution is 0.0138. The molecule has 146 valence electrons. The molecule has 1 heterocycles. The first kappa shape index (κ1) is 20.5. The number of hydrogen-bond donors (Lipinski definition) is 0. The van der Waals surface area contributed by atoms with Gasteiger partial charge in [0, 0.05) is 17.3 Å². The number of fused-ring (bicyclic) bond motifs is 1. The summed E-state index contributed by atoms with van der Waals surface area (Å²) in [7, 11) is 0. The molecule has 1 aromatic heterocycles. The second-order valence-corrected chi connectivity index (χ2v) is 8.05. The summed E-state index contributed by atoms with van der Waals surface area (Å²) in [4.78, 5) is 28.4. The number of carbonyl (C=O) groups is 2. The summed E-state index contributed by atoms with van der Waals surface area (Å²) in [5, 5.41) is 1.53. The largest absolute Gasteiger partial charge is 0.514 e. The SMILES string of the molecule is Cc1nccc2cc(OC(=O)OC(C)(C)C)c(OC(=O)OC(C)(C)C)cc12. The second-order valence-electron chi connectivity index (χ2n) is 8.05. The maximum atomic E-state index is 12.1. The number of benzene rings is 1. The molecule has 0 radical (unpaired) electrons. The van der Waals surface area contributed by atoms with E-state index in [4.69, 9.17) is 18.9 Å². The summed E-state index contributed by atoms with van der Waals surface area (Å²) in [5.41, 5.74) is -0.705. The van der Waals surface area contributed by atoms with Crippen LogP contribution in [0.4, 0.5) is 9.59 Å². The minimum absolute atomic E-state index is 0.0405. The van der Waals surface area contributed by atoms with Crippen LogP contribution in [0.5, 0.6) is 11.5 Å². The van der Waals surface area contributed by atoms with Crippen molar-refractivity contribution in [1.82, 2.24) is 4.98 Å². The van der Waals surface area contributed by atoms with Crippen LogP contribution in [0.2, 0.25) is 0 Å². The minimum atomic E-state index is -0.905. The molecule has 0 spiro atoms. The van der Waals surface area contributed by atoms with E-state index in [-0.39, 0.29) is 11.5 Å². The van der Waals surface area contributed by atoms with Crippen LogP contribution in [0.1, 0.15) is 47.2 Å². The third-order valence-corrected chi connectivity index (χ3v) is 3.19. The molecular weight excluding hydrogens is 350 g/mol. The average molecular weight is 375 g/mol. The van der Waals surface area contributed by atoms with Gasteiger partial charge in [-0.2, -0.15) is 0 Å². The van der Waals surface area contributed by atoms with Crippen molar-refractivity contribution >= 4 is 23.1 Å². The standard InChI is InChI=1S/C20H25NO6/c1-12-14-11-16(25-18(23)27-20(5,6)7)15(10-13(14)8-9-21-12)24-17(22)26-19(2,3)4/h8-11H,1-7H3. The third kappa shape index (κ3) is 6.13. The molecule has 0 fully saturated rings. The van der Waals surface area contributed by atoms with Crippen molar-refractivity contribution in [1.29, 1.82) is 0 Å². The molecule has 0 unspecified atom stereocenters. The number of carbonyl (C=O) groups excluding carboxylic acids is 2. The van der Waals surface area contributed by atoms with Gasteiger partial charge in [-0.25, -0.2) is 9.59 Å². The second kappa shape index (κ2) is 7.42. The molecule has 2 aromatic rings. The van der Waals surface area contributed by atoms with Gasteiger partial charge in [-0.3, -0.25) is 4.98 Å². The van der Waals surface area contributed by atoms with Gasteiger partial charge in [0.15, 0.2) is 11.5 Å². The van der Waals surface area contributed by atoms with Crippen LogP contribution in [0, 0.1) is 6.92 Å². The number of aryl methyl sites for hydroxylation is 1. The molecule has 0 aliphatic carbocycles. The molecular formula is C20H25NO6. The van der Waals surface area contributed by atoms with E-state index in [1.807, 2.05) is 6.92 Å². The Bertz CT molecular complexity index is 861. The molecule has 0 aliphatic rings. The predicted molar refractivity (Wildman–Crippen MR) is 100 cm³/mol. The summed E-state index contributed by atoms with van der Waals surface area (Å²) in [6, 6.07) is 4.94. The maximum Gasteiger partial charge on any atom is 0.514 e. The van der Waals surface area contributed by atoms with Crippen LogP contribution in [0.3, 0.4) is 0 Å². The zero-order valence-corrected chi connectivity index (χ0v) is 16.7. The summed E-state index contributed by atoms with van der Waals surface area (Å²) < 4.78 is 20.9. The van der Waals surface area contributed by atoms with E-state index in [0.29, 0.717) is 0 Å². The number of nitrogens with zero attached hydrogens (tertiary/aromatic N) is 1. The van der Waals surface area contributed by atoms with Gasteiger partial charge < -0.3 is 18.9 Å². The average Bonchev–Trinajstić information content (AvgIpc) is 2.44. The molecule has 0 bridgehead atoms. The van der Waals surface area contributed by atoms with E-state index in [1.165, 1.54) is 0 Å². The van der Waals surface area contributed by atoms with Crippen molar-refractivity contribution < 1.29 is 28.5 Å². The molecule has 1 aromatic carbocycles. The van der Waals surface area contributed by atoms with Crippen LogP contribution >= 0.6 is 0 Å². The molecule has 0 saturated heterocycles. The van der Waals surface area contributed by atoms with Gasteiger partial charge in [-0.15, -0.1) is 0 Å². The molecule has 27 heavy (non-hydrogen) atoms. The van der Waals surface area contributed by atoms with Crippen molar-refractivity contribution in [2.24, 2.45) is 0 Å². The lowest BCUT2D eigenvalue weighted by Gasteiger charge is -2.21. The van der Waals surface area contributed by atoms with Crippen molar-refractivity contribution in [2.45, 2.75) is 59.7 Å². The van der Waals surface area contributed by atoms with E-state index in [2.05, 4.69) is 4.98 Å². The molecule has 7 nitrogen and oxygen atoms in total. The van der Waals surface area contributed by atoms with E-state index in [1.54, 1.807) is 65.9 Å². The predicted octanol–water partition coefficient (Wildman–Crippen LogP) is 5.17. The smallest absolute Gasteiger partial charge is 0.428 e. The Morgan fingerprint density at radius 3 is 1.81 bits per heavy atom. The van der Waals surface area contributed by atoms with E-state index < -0.39 is 23.5 Å². The Morgan fingerprint density at radius 2 is 1.33 bits per heavy atom. The Balaban J connectivity index is 2.40. The number of hydrogen-bond acceptors (Lipinski definition) is 7. The Kier molecular flexibility index (Phi) is 5.63. The number of aromatic nitrogens is 1. The van der Waals surface area contributed by atoms with E-state index >= 15 is 0 Å². The minimum Gasteiger partial charge on any atom is -0.428 e. The zero-order valence-electron chi connectivity index (χ0n) is 16.7. The van der Waals surface area contributed by atoms with Crippen molar-refractivity contribution in [3.63, 3.8) is 0 Å². The lowest BCUT2D eigenvalue weighted by atomic mass is 10.1. The van der Waals surface area contributed by atoms with E-state index in [9.17, 15) is 9.59 Å². The van der Waals surface area contributed by atoms with E-state index in [0.717, 1.165) is 16.5 Å². The highest BCUT2D eigenvalue weighted by Crippen LogP contribution is 2.34. The molecule has 0 atom stereocenters. The van der Waals surface area contributed by atoms with Crippen LogP contribution in [0.15, 0.2) is 24.4 Å². The first-order valence-corrected chi connectivity index (χ1v) is 8.55. The van der Waals surface area contributed by atoms with Gasteiger partial charge in [0.2, 0.25) is 0 Å². The lowest BCUT2D eigenvalue weighted by Crippen LogP contribution is -2.27. The fourth-order valence-electron chi connectivity index (χ4n) is 2.21. The summed E-state index contributed by atoms with van der Waals surface area (Å²) in [5.74, 6) is 0.0897. The van der Waals surface area contributed by atoms with Crippen LogP contribution < -0.4 is 9.47 Å². The Morgan fingerprint density at radius 1 is 0.852 bits per heavy atom. The first-order chi connectivity index (χ1) is 12.3. The van der Waals surface area contributed by atoms with Gasteiger partial charge in [0.1, 0.15) is 11.2 Å². The Labute approximate surface area is 158 Å². The van der Waals surface area contributed by atoms with Crippen molar-refractivity contribution in [3.05, 3.63) is 30.1 Å². The molecule has 7 heteroatoms. The molecule has 2 rings (SSSR count). The van der Waals surface area contributed by atoms with Gasteiger partial charge in [-0.1, -0.05) is 0 Å². The molecule has 0 saturated carbocycles. The van der Waals surface area contributed by atoms with Gasteiger partial charge in [0.25, 0.3) is 0 Å². The van der Waals surface area contributed by atoms with Crippen LogP contribution in [-0.4, -0.2) is 28.5 Å². The Hall–Kier alpha value is -2.83. The first-order valence-electron chi connectivity index (χ1n) is 8.55. The number of pyridine rings is 1. The molecule has 0 amide bonds. The van der Waals surface area contributed by atoms with Gasteiger partial charge in [0.05, 0.1) is 0 Å². The topological polar surface area (TPSA) is 84.0 Å². The molecule has 0 aliphatic heterocycles. The number of ether oxygens (including phenoxy) is 4. The van der Waals surface area contributed by atoms with Crippen molar-refractivity contribution in [3.8, 4) is 11.5 Å². The maximum absolute atomic E-state index is 12.1. The highest BCUT2D eigenvalue weighted by molar-refractivity contribution is 5.89. The third-order valence-electron chi connectivity index (χ3n) is 3.19. The number of rotatable bonds is 2. The van der Waals surface area contributed by atoms with Crippen LogP contribution in [-0.2, 0) is 9.47 Å². The van der Waals surface area contributed by atoms with Gasteiger partial charge >= 0.3 is 12.3 Å². The van der Waals surface area contributed by atoms with Gasteiger partial charge in [-0.05, 0) is 72.1 Å². The molecule has 0 N–H and O–H groups in total. The zero-order chi connectivity index (χ0) is 20.4. The highest BCUT2D eigenvalue weighted by Gasteiger charge is 2.23.